The van der Waals surface area contributed by atoms with Gasteiger partial charge in [0.15, 0.2) is 5.78 Å². The Balaban J connectivity index is 1.61. The van der Waals surface area contributed by atoms with Crippen molar-refractivity contribution in [2.45, 2.75) is 6.92 Å². The molecule has 2 amide bonds. The molecule has 1 aromatic heterocycles. The predicted octanol–water partition coefficient (Wildman–Crippen LogP) is 2.55. The number of hydrogen-bond acceptors (Lipinski definition) is 4. The molecule has 1 aromatic carbocycles. The Labute approximate surface area is 144 Å². The predicted molar refractivity (Wildman–Crippen MR) is 92.6 cm³/mol. The van der Waals surface area contributed by atoms with Crippen LogP contribution in [0.2, 0.25) is 0 Å². The van der Waals surface area contributed by atoms with Crippen molar-refractivity contribution in [1.82, 2.24) is 9.80 Å². The molecule has 24 heavy (non-hydrogen) atoms. The van der Waals surface area contributed by atoms with Crippen molar-refractivity contribution in [3.05, 3.63) is 57.8 Å². The van der Waals surface area contributed by atoms with E-state index in [4.69, 9.17) is 0 Å². The fourth-order valence-corrected chi connectivity index (χ4v) is 3.54. The second-order valence-corrected chi connectivity index (χ2v) is 6.75. The van der Waals surface area contributed by atoms with Gasteiger partial charge in [-0.3, -0.25) is 14.4 Å². The standard InChI is InChI=1S/C18H18N2O3S/c1-13(21)15-7-8-16(24-15)18(23)20-11-9-19(10-12-20)17(22)14-5-3-2-4-6-14/h2-8H,9-12H2,1H3. The van der Waals surface area contributed by atoms with E-state index in [1.54, 1.807) is 34.1 Å². The molecule has 1 aliphatic heterocycles. The van der Waals surface area contributed by atoms with Crippen LogP contribution in [0.15, 0.2) is 42.5 Å². The van der Waals surface area contributed by atoms with Crippen LogP contribution in [0.5, 0.6) is 0 Å². The molecule has 1 fully saturated rings. The summed E-state index contributed by atoms with van der Waals surface area (Å²) in [7, 11) is 0. The van der Waals surface area contributed by atoms with Gasteiger partial charge in [0.1, 0.15) is 0 Å². The van der Waals surface area contributed by atoms with Gasteiger partial charge in [0.05, 0.1) is 9.75 Å². The van der Waals surface area contributed by atoms with Crippen LogP contribution in [0.1, 0.15) is 36.6 Å². The van der Waals surface area contributed by atoms with Crippen molar-refractivity contribution in [3.8, 4) is 0 Å². The molecule has 0 unspecified atom stereocenters. The van der Waals surface area contributed by atoms with E-state index in [2.05, 4.69) is 0 Å². The van der Waals surface area contributed by atoms with Crippen molar-refractivity contribution in [2.75, 3.05) is 26.2 Å². The molecular formula is C18H18N2O3S. The summed E-state index contributed by atoms with van der Waals surface area (Å²) in [6.07, 6.45) is 0. The monoisotopic (exact) mass is 342 g/mol. The van der Waals surface area contributed by atoms with Crippen LogP contribution in [0.4, 0.5) is 0 Å². The lowest BCUT2D eigenvalue weighted by molar-refractivity contribution is 0.0538. The Hall–Kier alpha value is -2.47. The van der Waals surface area contributed by atoms with Crippen molar-refractivity contribution in [2.24, 2.45) is 0 Å². The number of Topliss-reactive ketones (excluding diaryl/α,β-unsaturated/α-hetero) is 1. The maximum atomic E-state index is 12.5. The van der Waals surface area contributed by atoms with Gasteiger partial charge < -0.3 is 9.80 Å². The molecule has 1 saturated heterocycles. The van der Waals surface area contributed by atoms with Crippen LogP contribution in [-0.4, -0.2) is 53.6 Å². The van der Waals surface area contributed by atoms with Gasteiger partial charge in [0, 0.05) is 31.7 Å². The summed E-state index contributed by atoms with van der Waals surface area (Å²) < 4.78 is 0. The Morgan fingerprint density at radius 1 is 0.792 bits per heavy atom. The van der Waals surface area contributed by atoms with Gasteiger partial charge in [-0.1, -0.05) is 18.2 Å². The van der Waals surface area contributed by atoms with Crippen LogP contribution in [0.3, 0.4) is 0 Å². The summed E-state index contributed by atoms with van der Waals surface area (Å²) in [6.45, 7) is 3.54. The molecule has 1 aliphatic rings. The minimum atomic E-state index is -0.0701. The van der Waals surface area contributed by atoms with Crippen LogP contribution in [0, 0.1) is 0 Å². The van der Waals surface area contributed by atoms with E-state index in [9.17, 15) is 14.4 Å². The van der Waals surface area contributed by atoms with Crippen LogP contribution < -0.4 is 0 Å². The summed E-state index contributed by atoms with van der Waals surface area (Å²) in [5, 5.41) is 0. The van der Waals surface area contributed by atoms with Crippen LogP contribution in [-0.2, 0) is 0 Å². The highest BCUT2D eigenvalue weighted by Crippen LogP contribution is 2.20. The Kier molecular flexibility index (Phi) is 4.76. The number of thiophene rings is 1. The molecule has 0 aliphatic carbocycles. The normalized spacial score (nSPS) is 14.5. The number of carbonyl (C=O) groups excluding carboxylic acids is 3. The zero-order valence-electron chi connectivity index (χ0n) is 13.4. The number of amides is 2. The van der Waals surface area contributed by atoms with Gasteiger partial charge in [0.25, 0.3) is 11.8 Å². The van der Waals surface area contributed by atoms with Gasteiger partial charge in [-0.05, 0) is 31.2 Å². The van der Waals surface area contributed by atoms with Gasteiger partial charge in [-0.25, -0.2) is 0 Å². The van der Waals surface area contributed by atoms with Crippen LogP contribution >= 0.6 is 11.3 Å². The van der Waals surface area contributed by atoms with E-state index in [-0.39, 0.29) is 17.6 Å². The lowest BCUT2D eigenvalue weighted by atomic mass is 10.2. The molecule has 6 heteroatoms. The first-order chi connectivity index (χ1) is 11.6. The molecule has 2 aromatic rings. The molecule has 0 atom stereocenters. The van der Waals surface area contributed by atoms with E-state index >= 15 is 0 Å². The maximum absolute atomic E-state index is 12.5. The summed E-state index contributed by atoms with van der Waals surface area (Å²) in [5.41, 5.74) is 0.668. The molecule has 0 spiro atoms. The fourth-order valence-electron chi connectivity index (χ4n) is 2.67. The lowest BCUT2D eigenvalue weighted by Crippen LogP contribution is -2.50. The molecule has 0 bridgehead atoms. The highest BCUT2D eigenvalue weighted by atomic mass is 32.1. The molecular weight excluding hydrogens is 324 g/mol. The smallest absolute Gasteiger partial charge is 0.264 e. The van der Waals surface area contributed by atoms with Crippen molar-refractivity contribution in [1.29, 1.82) is 0 Å². The van der Waals surface area contributed by atoms with E-state index in [1.807, 2.05) is 18.2 Å². The van der Waals surface area contributed by atoms with Crippen molar-refractivity contribution in [3.63, 3.8) is 0 Å². The second-order valence-electron chi connectivity index (χ2n) is 5.67. The van der Waals surface area contributed by atoms with Crippen LogP contribution in [0.25, 0.3) is 0 Å². The number of piperazine rings is 1. The van der Waals surface area contributed by atoms with E-state index < -0.39 is 0 Å². The maximum Gasteiger partial charge on any atom is 0.264 e. The minimum absolute atomic E-state index is 0.00214. The van der Waals surface area contributed by atoms with Crippen molar-refractivity contribution >= 4 is 28.9 Å². The Morgan fingerprint density at radius 2 is 1.33 bits per heavy atom. The van der Waals surface area contributed by atoms with E-state index in [1.165, 1.54) is 18.3 Å². The Bertz CT molecular complexity index is 762. The third kappa shape index (κ3) is 3.38. The number of carbonyl (C=O) groups is 3. The molecule has 0 saturated carbocycles. The molecule has 0 radical (unpaired) electrons. The van der Waals surface area contributed by atoms with Gasteiger partial charge in [-0.15, -0.1) is 11.3 Å². The van der Waals surface area contributed by atoms with E-state index in [0.29, 0.717) is 41.5 Å². The SMILES string of the molecule is CC(=O)c1ccc(C(=O)N2CCN(C(=O)c3ccccc3)CC2)s1. The van der Waals surface area contributed by atoms with Gasteiger partial charge in [-0.2, -0.15) is 0 Å². The molecule has 3 rings (SSSR count). The summed E-state index contributed by atoms with van der Waals surface area (Å²) >= 11 is 1.23. The quantitative estimate of drug-likeness (QED) is 0.806. The topological polar surface area (TPSA) is 57.7 Å². The zero-order chi connectivity index (χ0) is 17.1. The highest BCUT2D eigenvalue weighted by molar-refractivity contribution is 7.15. The first kappa shape index (κ1) is 16.4. The minimum Gasteiger partial charge on any atom is -0.335 e. The zero-order valence-corrected chi connectivity index (χ0v) is 14.2. The van der Waals surface area contributed by atoms with Crippen molar-refractivity contribution < 1.29 is 14.4 Å². The number of hydrogen-bond donors (Lipinski definition) is 0. The second kappa shape index (κ2) is 6.97. The first-order valence-corrected chi connectivity index (χ1v) is 8.62. The first-order valence-electron chi connectivity index (χ1n) is 7.80. The molecule has 0 N–H and O–H groups in total. The summed E-state index contributed by atoms with van der Waals surface area (Å²) in [6, 6.07) is 12.6. The third-order valence-electron chi connectivity index (χ3n) is 4.04. The van der Waals surface area contributed by atoms with Gasteiger partial charge >= 0.3 is 0 Å². The number of nitrogens with zero attached hydrogens (tertiary/aromatic N) is 2. The fraction of sp³-hybridized carbons (Fsp3) is 0.278. The average molecular weight is 342 g/mol. The lowest BCUT2D eigenvalue weighted by Gasteiger charge is -2.34. The molecule has 5 nitrogen and oxygen atoms in total. The largest absolute Gasteiger partial charge is 0.335 e. The number of benzene rings is 1. The highest BCUT2D eigenvalue weighted by Gasteiger charge is 2.26. The molecule has 2 heterocycles. The number of ketones is 1. The Morgan fingerprint density at radius 3 is 1.88 bits per heavy atom. The summed E-state index contributed by atoms with van der Waals surface area (Å²) in [4.78, 5) is 40.9. The molecule has 124 valence electrons. The third-order valence-corrected chi connectivity index (χ3v) is 5.21. The van der Waals surface area contributed by atoms with Gasteiger partial charge in [0.2, 0.25) is 0 Å². The average Bonchev–Trinajstić information content (AvgIpc) is 3.12. The van der Waals surface area contributed by atoms with E-state index in [0.717, 1.165) is 0 Å². The number of rotatable bonds is 3. The summed E-state index contributed by atoms with van der Waals surface area (Å²) in [5.74, 6) is -0.102.